The van der Waals surface area contributed by atoms with E-state index in [2.05, 4.69) is 19.9 Å². The molecule has 0 bridgehead atoms. The molecule has 1 aromatic rings. The molecule has 0 amide bonds. The topological polar surface area (TPSA) is 33.0 Å². The third-order valence-corrected chi connectivity index (χ3v) is 2.10. The summed E-state index contributed by atoms with van der Waals surface area (Å²) in [6.45, 7) is 7.96. The lowest BCUT2D eigenvalue weighted by molar-refractivity contribution is 0.344. The van der Waals surface area contributed by atoms with Crippen LogP contribution < -0.4 is 4.74 Å². The Kier molecular flexibility index (Phi) is 3.74. The van der Waals surface area contributed by atoms with Gasteiger partial charge >= 0.3 is 0 Å². The number of nitriles is 1. The van der Waals surface area contributed by atoms with Crippen molar-refractivity contribution in [2.24, 2.45) is 0 Å². The Morgan fingerprint density at radius 2 is 2.00 bits per heavy atom. The highest BCUT2D eigenvalue weighted by Gasteiger charge is 2.08. The Balaban J connectivity index is 3.05. The fourth-order valence-corrected chi connectivity index (χ4v) is 1.30. The Morgan fingerprint density at radius 1 is 1.33 bits per heavy atom. The summed E-state index contributed by atoms with van der Waals surface area (Å²) >= 11 is 0. The van der Waals surface area contributed by atoms with Gasteiger partial charge in [-0.1, -0.05) is 19.9 Å². The first-order chi connectivity index (χ1) is 7.04. The quantitative estimate of drug-likeness (QED) is 0.749. The lowest BCUT2D eigenvalue weighted by Crippen LogP contribution is -1.99. The highest BCUT2D eigenvalue weighted by Crippen LogP contribution is 2.25. The van der Waals surface area contributed by atoms with Crippen LogP contribution >= 0.6 is 0 Å². The van der Waals surface area contributed by atoms with E-state index in [1.165, 1.54) is 0 Å². The number of rotatable bonds is 3. The molecule has 0 aliphatic rings. The highest BCUT2D eigenvalue weighted by molar-refractivity contribution is 5.46. The summed E-state index contributed by atoms with van der Waals surface area (Å²) in [5.41, 5.74) is 1.76. The van der Waals surface area contributed by atoms with Gasteiger partial charge in [0.25, 0.3) is 0 Å². The van der Waals surface area contributed by atoms with E-state index < -0.39 is 0 Å². The van der Waals surface area contributed by atoms with Crippen LogP contribution in [-0.4, -0.2) is 0 Å². The molecule has 0 unspecified atom stereocenters. The van der Waals surface area contributed by atoms with Crippen LogP contribution in [0.1, 0.15) is 44.7 Å². The van der Waals surface area contributed by atoms with Crippen LogP contribution in [0.3, 0.4) is 0 Å². The Bertz CT molecular complexity index is 375. The minimum atomic E-state index is 0.429. The van der Waals surface area contributed by atoms with Crippen LogP contribution in [0.5, 0.6) is 5.75 Å². The van der Waals surface area contributed by atoms with Gasteiger partial charge in [-0.05, 0) is 37.5 Å². The molecule has 0 aliphatic carbocycles. The van der Waals surface area contributed by atoms with Gasteiger partial charge in [-0.15, -0.1) is 0 Å². The first kappa shape index (κ1) is 11.6. The Morgan fingerprint density at radius 3 is 2.47 bits per heavy atom. The number of hydrogen-bond donors (Lipinski definition) is 0. The molecule has 0 aliphatic heterocycles. The molecular formula is C13H16NO. The van der Waals surface area contributed by atoms with Crippen LogP contribution in [-0.2, 0) is 0 Å². The predicted octanol–water partition coefficient (Wildman–Crippen LogP) is 3.63. The van der Waals surface area contributed by atoms with Crippen molar-refractivity contribution >= 4 is 0 Å². The molecule has 0 N–H and O–H groups in total. The zero-order chi connectivity index (χ0) is 11.4. The average molecular weight is 202 g/mol. The van der Waals surface area contributed by atoms with E-state index in [-0.39, 0.29) is 0 Å². The van der Waals surface area contributed by atoms with Gasteiger partial charge in [0, 0.05) is 0 Å². The molecule has 1 rings (SSSR count). The third-order valence-electron chi connectivity index (χ3n) is 2.10. The van der Waals surface area contributed by atoms with Crippen LogP contribution in [0.15, 0.2) is 18.2 Å². The predicted molar refractivity (Wildman–Crippen MR) is 60.5 cm³/mol. The van der Waals surface area contributed by atoms with Crippen LogP contribution in [0.2, 0.25) is 0 Å². The van der Waals surface area contributed by atoms with Crippen molar-refractivity contribution in [3.63, 3.8) is 0 Å². The molecule has 0 fully saturated rings. The summed E-state index contributed by atoms with van der Waals surface area (Å²) in [6.07, 6.45) is 0.837. The molecule has 0 atom stereocenters. The van der Waals surface area contributed by atoms with Crippen molar-refractivity contribution in [2.45, 2.75) is 33.6 Å². The van der Waals surface area contributed by atoms with Gasteiger partial charge in [0.15, 0.2) is 0 Å². The van der Waals surface area contributed by atoms with E-state index in [9.17, 15) is 0 Å². The van der Waals surface area contributed by atoms with Crippen molar-refractivity contribution in [1.82, 2.24) is 0 Å². The fourth-order valence-electron chi connectivity index (χ4n) is 1.30. The summed E-state index contributed by atoms with van der Waals surface area (Å²) in [7, 11) is 0. The molecule has 0 heterocycles. The maximum atomic E-state index is 9.00. The maximum Gasteiger partial charge on any atom is 0.142 e. The van der Waals surface area contributed by atoms with Gasteiger partial charge in [-0.3, -0.25) is 0 Å². The normalized spacial score (nSPS) is 10.5. The largest absolute Gasteiger partial charge is 0.482 e. The maximum absolute atomic E-state index is 9.00. The van der Waals surface area contributed by atoms with Crippen molar-refractivity contribution in [2.75, 3.05) is 0 Å². The van der Waals surface area contributed by atoms with Crippen LogP contribution in [0, 0.1) is 17.4 Å². The van der Waals surface area contributed by atoms with E-state index in [0.717, 1.165) is 11.7 Å². The van der Waals surface area contributed by atoms with Gasteiger partial charge in [-0.2, -0.15) is 5.26 Å². The molecule has 0 saturated heterocycles. The second-order valence-corrected chi connectivity index (χ2v) is 4.03. The summed E-state index contributed by atoms with van der Waals surface area (Å²) in [6, 6.07) is 7.92. The molecule has 0 aromatic heterocycles. The number of ether oxygens (including phenoxy) is 1. The van der Waals surface area contributed by atoms with E-state index >= 15 is 0 Å². The molecule has 1 aromatic carbocycles. The number of benzene rings is 1. The second-order valence-electron chi connectivity index (χ2n) is 4.03. The Hall–Kier alpha value is -1.49. The fraction of sp³-hybridized carbons (Fsp3) is 0.385. The molecule has 15 heavy (non-hydrogen) atoms. The lowest BCUT2D eigenvalue weighted by atomic mass is 10.0. The van der Waals surface area contributed by atoms with Crippen molar-refractivity contribution in [1.29, 1.82) is 5.26 Å². The molecule has 2 heteroatoms. The highest BCUT2D eigenvalue weighted by atomic mass is 16.5. The molecular weight excluding hydrogens is 186 g/mol. The number of hydrogen-bond acceptors (Lipinski definition) is 2. The van der Waals surface area contributed by atoms with Gasteiger partial charge < -0.3 is 4.74 Å². The average Bonchev–Trinajstić information content (AvgIpc) is 2.17. The van der Waals surface area contributed by atoms with E-state index in [1.807, 2.05) is 32.0 Å². The summed E-state index contributed by atoms with van der Waals surface area (Å²) < 4.78 is 5.47. The zero-order valence-electron chi connectivity index (χ0n) is 9.66. The molecule has 79 valence electrons. The molecule has 0 saturated carbocycles. The first-order valence-electron chi connectivity index (χ1n) is 5.06. The smallest absolute Gasteiger partial charge is 0.142 e. The minimum absolute atomic E-state index is 0.429. The zero-order valence-corrected chi connectivity index (χ0v) is 9.66. The van der Waals surface area contributed by atoms with Crippen LogP contribution in [0.25, 0.3) is 0 Å². The van der Waals surface area contributed by atoms with Crippen LogP contribution in [0.4, 0.5) is 0 Å². The second kappa shape index (κ2) is 4.84. The van der Waals surface area contributed by atoms with Crippen molar-refractivity contribution in [3.05, 3.63) is 35.4 Å². The molecule has 2 nitrogen and oxygen atoms in total. The van der Waals surface area contributed by atoms with E-state index in [4.69, 9.17) is 10.00 Å². The monoisotopic (exact) mass is 202 g/mol. The Labute approximate surface area is 91.5 Å². The minimum Gasteiger partial charge on any atom is -0.482 e. The van der Waals surface area contributed by atoms with Gasteiger partial charge in [0.1, 0.15) is 17.9 Å². The summed E-state index contributed by atoms with van der Waals surface area (Å²) in [5, 5.41) is 9.00. The first-order valence-corrected chi connectivity index (χ1v) is 5.06. The van der Waals surface area contributed by atoms with E-state index in [1.54, 1.807) is 0 Å². The summed E-state index contributed by atoms with van der Waals surface area (Å²) in [4.78, 5) is 0. The number of nitrogens with zero attached hydrogens (tertiary/aromatic N) is 1. The van der Waals surface area contributed by atoms with Crippen molar-refractivity contribution < 1.29 is 4.74 Å². The van der Waals surface area contributed by atoms with Crippen molar-refractivity contribution in [3.8, 4) is 11.8 Å². The SMILES string of the molecule is C[C](C)Oc1ccc(C(C)C)cc1C#N. The van der Waals surface area contributed by atoms with E-state index in [0.29, 0.717) is 17.2 Å². The third kappa shape index (κ3) is 2.99. The summed E-state index contributed by atoms with van der Waals surface area (Å²) in [5.74, 6) is 1.07. The molecule has 0 spiro atoms. The van der Waals surface area contributed by atoms with Gasteiger partial charge in [0.2, 0.25) is 0 Å². The van der Waals surface area contributed by atoms with Gasteiger partial charge in [0.05, 0.1) is 5.56 Å². The standard InChI is InChI=1S/C13H16NO/c1-9(2)11-5-6-13(15-10(3)4)12(7-11)8-14/h5-7,9H,1-4H3. The van der Waals surface area contributed by atoms with Gasteiger partial charge in [-0.25, -0.2) is 0 Å². The lowest BCUT2D eigenvalue weighted by Gasteiger charge is -2.12. The molecule has 1 radical (unpaired) electrons.